The lowest BCUT2D eigenvalue weighted by atomic mass is 10.3. The molecule has 3 N–H and O–H groups in total. The number of hydrogen-bond donors (Lipinski definition) is 3. The summed E-state index contributed by atoms with van der Waals surface area (Å²) in [6.45, 7) is 0. The number of halogens is 1. The van der Waals surface area contributed by atoms with Gasteiger partial charge in [-0.15, -0.1) is 10.2 Å². The molecule has 3 aromatic rings. The third-order valence-electron chi connectivity index (χ3n) is 3.05. The lowest BCUT2D eigenvalue weighted by molar-refractivity contribution is 0.262. The zero-order chi connectivity index (χ0) is 16.8. The number of nitrogens with one attached hydrogen (secondary N) is 3. The average Bonchev–Trinajstić information content (AvgIpc) is 2.59. The van der Waals surface area contributed by atoms with Crippen LogP contribution >= 0.6 is 11.6 Å². The standard InChI is InChI=1S/C17H14ClN5O/c18-12-6-8-14(9-7-12)19-15-10-11-16(23-22-15)21-17(24)20-13-4-2-1-3-5-13/h1-11H,(H,19,22)(H2,20,21,23,24). The Balaban J connectivity index is 1.58. The first-order valence-electron chi connectivity index (χ1n) is 7.18. The third kappa shape index (κ3) is 4.44. The zero-order valence-electron chi connectivity index (χ0n) is 12.5. The van der Waals surface area contributed by atoms with Crippen molar-refractivity contribution in [3.8, 4) is 0 Å². The SMILES string of the molecule is O=C(Nc1ccccc1)Nc1ccc(Nc2ccc(Cl)cc2)nn1. The minimum absolute atomic E-state index is 0.352. The molecular weight excluding hydrogens is 326 g/mol. The summed E-state index contributed by atoms with van der Waals surface area (Å²) in [5.41, 5.74) is 1.54. The van der Waals surface area contributed by atoms with Gasteiger partial charge in [0.15, 0.2) is 11.6 Å². The van der Waals surface area contributed by atoms with Crippen LogP contribution in [-0.4, -0.2) is 16.2 Å². The molecule has 2 aromatic carbocycles. The van der Waals surface area contributed by atoms with E-state index >= 15 is 0 Å². The van der Waals surface area contributed by atoms with Gasteiger partial charge in [0.1, 0.15) is 0 Å². The fourth-order valence-corrected chi connectivity index (χ4v) is 2.07. The second kappa shape index (κ2) is 7.43. The summed E-state index contributed by atoms with van der Waals surface area (Å²) >= 11 is 5.84. The van der Waals surface area contributed by atoms with Gasteiger partial charge in [0, 0.05) is 16.4 Å². The Hall–Kier alpha value is -3.12. The Morgan fingerprint density at radius 2 is 1.42 bits per heavy atom. The van der Waals surface area contributed by atoms with E-state index in [1.54, 1.807) is 36.4 Å². The van der Waals surface area contributed by atoms with Crippen molar-refractivity contribution in [3.05, 3.63) is 71.8 Å². The average molecular weight is 340 g/mol. The molecule has 3 rings (SSSR count). The predicted molar refractivity (Wildman–Crippen MR) is 95.9 cm³/mol. The quantitative estimate of drug-likeness (QED) is 0.653. The highest BCUT2D eigenvalue weighted by molar-refractivity contribution is 6.30. The number of anilines is 4. The van der Waals surface area contributed by atoms with Gasteiger partial charge in [-0.2, -0.15) is 0 Å². The summed E-state index contributed by atoms with van der Waals surface area (Å²) in [6.07, 6.45) is 0. The maximum atomic E-state index is 11.9. The van der Waals surface area contributed by atoms with Crippen LogP contribution in [0.1, 0.15) is 0 Å². The molecule has 2 amide bonds. The number of benzene rings is 2. The van der Waals surface area contributed by atoms with Gasteiger partial charge in [-0.25, -0.2) is 4.79 Å². The van der Waals surface area contributed by atoms with Gasteiger partial charge in [0.05, 0.1) is 0 Å². The number of nitrogens with zero attached hydrogens (tertiary/aromatic N) is 2. The molecule has 1 aromatic heterocycles. The molecule has 0 saturated heterocycles. The van der Waals surface area contributed by atoms with Crippen LogP contribution in [-0.2, 0) is 0 Å². The summed E-state index contributed by atoms with van der Waals surface area (Å²) in [6, 6.07) is 19.4. The summed E-state index contributed by atoms with van der Waals surface area (Å²) in [4.78, 5) is 11.9. The molecule has 7 heteroatoms. The van der Waals surface area contributed by atoms with Gasteiger partial charge in [-0.3, -0.25) is 5.32 Å². The van der Waals surface area contributed by atoms with Crippen LogP contribution in [0.5, 0.6) is 0 Å². The molecule has 6 nitrogen and oxygen atoms in total. The van der Waals surface area contributed by atoms with Gasteiger partial charge in [0.25, 0.3) is 0 Å². The molecule has 0 aliphatic carbocycles. The molecule has 0 fully saturated rings. The van der Waals surface area contributed by atoms with Crippen molar-refractivity contribution in [2.24, 2.45) is 0 Å². The van der Waals surface area contributed by atoms with Crippen LogP contribution in [0.2, 0.25) is 5.02 Å². The molecule has 0 aliphatic rings. The second-order valence-corrected chi connectivity index (χ2v) is 5.32. The van der Waals surface area contributed by atoms with Crippen LogP contribution < -0.4 is 16.0 Å². The number of amides is 2. The summed E-state index contributed by atoms with van der Waals surface area (Å²) in [5, 5.41) is 17.1. The summed E-state index contributed by atoms with van der Waals surface area (Å²) in [5.74, 6) is 0.913. The van der Waals surface area contributed by atoms with E-state index < -0.39 is 0 Å². The van der Waals surface area contributed by atoms with Crippen LogP contribution in [0.4, 0.5) is 27.8 Å². The molecule has 24 heavy (non-hydrogen) atoms. The summed E-state index contributed by atoms with van der Waals surface area (Å²) < 4.78 is 0. The number of aromatic nitrogens is 2. The van der Waals surface area contributed by atoms with Crippen LogP contribution in [0.15, 0.2) is 66.7 Å². The fourth-order valence-electron chi connectivity index (χ4n) is 1.95. The fraction of sp³-hybridized carbons (Fsp3) is 0. The van der Waals surface area contributed by atoms with E-state index in [9.17, 15) is 4.79 Å². The Morgan fingerprint density at radius 3 is 2.08 bits per heavy atom. The maximum absolute atomic E-state index is 11.9. The van der Waals surface area contributed by atoms with E-state index in [-0.39, 0.29) is 6.03 Å². The predicted octanol–water partition coefficient (Wildman–Crippen LogP) is 4.52. The van der Waals surface area contributed by atoms with E-state index in [4.69, 9.17) is 11.6 Å². The van der Waals surface area contributed by atoms with Crippen molar-refractivity contribution < 1.29 is 4.79 Å². The van der Waals surface area contributed by atoms with Gasteiger partial charge < -0.3 is 10.6 Å². The van der Waals surface area contributed by atoms with Crippen molar-refractivity contribution in [2.45, 2.75) is 0 Å². The van der Waals surface area contributed by atoms with Crippen molar-refractivity contribution >= 4 is 40.6 Å². The Kier molecular flexibility index (Phi) is 4.88. The highest BCUT2D eigenvalue weighted by atomic mass is 35.5. The lowest BCUT2D eigenvalue weighted by Crippen LogP contribution is -2.20. The van der Waals surface area contributed by atoms with Crippen molar-refractivity contribution in [1.82, 2.24) is 10.2 Å². The monoisotopic (exact) mass is 339 g/mol. The van der Waals surface area contributed by atoms with Crippen LogP contribution in [0.25, 0.3) is 0 Å². The topological polar surface area (TPSA) is 78.9 Å². The number of urea groups is 1. The summed E-state index contributed by atoms with van der Waals surface area (Å²) in [7, 11) is 0. The molecule has 0 bridgehead atoms. The van der Waals surface area contributed by atoms with Gasteiger partial charge >= 0.3 is 6.03 Å². The van der Waals surface area contributed by atoms with E-state index in [2.05, 4.69) is 26.1 Å². The number of carbonyl (C=O) groups is 1. The lowest BCUT2D eigenvalue weighted by Gasteiger charge is -2.08. The number of carbonyl (C=O) groups excluding carboxylic acids is 1. The van der Waals surface area contributed by atoms with Crippen molar-refractivity contribution in [1.29, 1.82) is 0 Å². The highest BCUT2D eigenvalue weighted by Crippen LogP contribution is 2.17. The first-order chi connectivity index (χ1) is 11.7. The first kappa shape index (κ1) is 15.8. The van der Waals surface area contributed by atoms with Crippen LogP contribution in [0, 0.1) is 0 Å². The molecular formula is C17H14ClN5O. The number of rotatable bonds is 4. The molecule has 0 aliphatic heterocycles. The first-order valence-corrected chi connectivity index (χ1v) is 7.56. The molecule has 1 heterocycles. The smallest absolute Gasteiger partial charge is 0.324 e. The molecule has 120 valence electrons. The minimum Gasteiger partial charge on any atom is -0.339 e. The molecule has 0 unspecified atom stereocenters. The zero-order valence-corrected chi connectivity index (χ0v) is 13.3. The van der Waals surface area contributed by atoms with Crippen molar-refractivity contribution in [3.63, 3.8) is 0 Å². The Bertz CT molecular complexity index is 807. The molecule has 0 saturated carbocycles. The minimum atomic E-state index is -0.381. The van der Waals surface area contributed by atoms with Gasteiger partial charge in [-0.1, -0.05) is 29.8 Å². The van der Waals surface area contributed by atoms with Crippen molar-refractivity contribution in [2.75, 3.05) is 16.0 Å². The van der Waals surface area contributed by atoms with Crippen LogP contribution in [0.3, 0.4) is 0 Å². The second-order valence-electron chi connectivity index (χ2n) is 4.88. The Morgan fingerprint density at radius 1 is 0.750 bits per heavy atom. The maximum Gasteiger partial charge on any atom is 0.324 e. The van der Waals surface area contributed by atoms with Gasteiger partial charge in [0.2, 0.25) is 0 Å². The van der Waals surface area contributed by atoms with E-state index in [0.717, 1.165) is 5.69 Å². The van der Waals surface area contributed by atoms with Gasteiger partial charge in [-0.05, 0) is 48.5 Å². The van der Waals surface area contributed by atoms with E-state index in [0.29, 0.717) is 22.3 Å². The molecule has 0 spiro atoms. The van der Waals surface area contributed by atoms with E-state index in [1.165, 1.54) is 0 Å². The Labute approximate surface area is 143 Å². The molecule has 0 radical (unpaired) electrons. The number of hydrogen-bond acceptors (Lipinski definition) is 4. The highest BCUT2D eigenvalue weighted by Gasteiger charge is 2.04. The molecule has 0 atom stereocenters. The third-order valence-corrected chi connectivity index (χ3v) is 3.31. The largest absolute Gasteiger partial charge is 0.339 e. The van der Waals surface area contributed by atoms with E-state index in [1.807, 2.05) is 30.3 Å². The number of para-hydroxylation sites is 1. The normalized spacial score (nSPS) is 10.0.